The number of nitrogens with one attached hydrogen (secondary N) is 1. The Morgan fingerprint density at radius 3 is 2.39 bits per heavy atom. The maximum Gasteiger partial charge on any atom is 0.129 e. The Kier molecular flexibility index (Phi) is 3.94. The third-order valence-electron chi connectivity index (χ3n) is 3.91. The largest absolute Gasteiger partial charge is 0.377 e. The molecule has 3 N–H and O–H groups in total. The van der Waals surface area contributed by atoms with E-state index in [4.69, 9.17) is 10.6 Å². The van der Waals surface area contributed by atoms with E-state index in [1.54, 1.807) is 7.11 Å². The Balaban J connectivity index is 2.20. The standard InChI is InChI=1S/C13H18F2N2O/c1-18-13(6-3-7-13)12(17-16)8-9-10(14)4-2-5-11(9)15/h2,4-5,12,17H,3,6-8,16H2,1H3. The molecule has 0 saturated heterocycles. The molecule has 2 rings (SSSR count). The Labute approximate surface area is 105 Å². The first-order chi connectivity index (χ1) is 8.63. The van der Waals surface area contributed by atoms with Crippen LogP contribution in [0, 0.1) is 11.6 Å². The SMILES string of the molecule is COC1(C(Cc2c(F)cccc2F)NN)CCC1. The van der Waals surface area contributed by atoms with E-state index in [0.717, 1.165) is 19.3 Å². The van der Waals surface area contributed by atoms with Crippen LogP contribution in [0.1, 0.15) is 24.8 Å². The molecule has 0 aliphatic heterocycles. The predicted octanol–water partition coefficient (Wildman–Crippen LogP) is 1.91. The number of rotatable bonds is 5. The molecule has 0 bridgehead atoms. The van der Waals surface area contributed by atoms with Gasteiger partial charge in [-0.1, -0.05) is 6.07 Å². The molecule has 18 heavy (non-hydrogen) atoms. The van der Waals surface area contributed by atoms with Gasteiger partial charge in [-0.3, -0.25) is 11.3 Å². The third kappa shape index (κ3) is 2.25. The topological polar surface area (TPSA) is 47.3 Å². The van der Waals surface area contributed by atoms with E-state index >= 15 is 0 Å². The van der Waals surface area contributed by atoms with Crippen molar-refractivity contribution >= 4 is 0 Å². The van der Waals surface area contributed by atoms with E-state index in [1.165, 1.54) is 18.2 Å². The zero-order chi connectivity index (χ0) is 13.2. The van der Waals surface area contributed by atoms with Crippen molar-refractivity contribution in [3.63, 3.8) is 0 Å². The van der Waals surface area contributed by atoms with E-state index in [2.05, 4.69) is 5.43 Å². The second-order valence-corrected chi connectivity index (χ2v) is 4.75. The van der Waals surface area contributed by atoms with Gasteiger partial charge in [0.05, 0.1) is 11.6 Å². The minimum Gasteiger partial charge on any atom is -0.377 e. The molecule has 1 aliphatic rings. The van der Waals surface area contributed by atoms with E-state index < -0.39 is 17.2 Å². The lowest BCUT2D eigenvalue weighted by molar-refractivity contribution is -0.0984. The average molecular weight is 256 g/mol. The summed E-state index contributed by atoms with van der Waals surface area (Å²) in [6.07, 6.45) is 2.94. The Morgan fingerprint density at radius 2 is 2.00 bits per heavy atom. The maximum absolute atomic E-state index is 13.6. The van der Waals surface area contributed by atoms with Crippen molar-refractivity contribution in [1.29, 1.82) is 0 Å². The van der Waals surface area contributed by atoms with Crippen LogP contribution in [0.3, 0.4) is 0 Å². The molecule has 1 aliphatic carbocycles. The molecular formula is C13H18F2N2O. The van der Waals surface area contributed by atoms with Gasteiger partial charge in [-0.05, 0) is 37.8 Å². The van der Waals surface area contributed by atoms with Gasteiger partial charge in [-0.2, -0.15) is 0 Å². The fourth-order valence-electron chi connectivity index (χ4n) is 2.55. The first-order valence-corrected chi connectivity index (χ1v) is 6.07. The first kappa shape index (κ1) is 13.4. The van der Waals surface area contributed by atoms with Crippen LogP contribution in [-0.2, 0) is 11.2 Å². The molecule has 0 aromatic heterocycles. The molecule has 1 aromatic rings. The van der Waals surface area contributed by atoms with Gasteiger partial charge in [0.1, 0.15) is 11.6 Å². The molecule has 0 radical (unpaired) electrons. The quantitative estimate of drug-likeness (QED) is 0.625. The summed E-state index contributed by atoms with van der Waals surface area (Å²) in [6, 6.07) is 3.58. The molecule has 1 atom stereocenters. The summed E-state index contributed by atoms with van der Waals surface area (Å²) in [5.41, 5.74) is 2.30. The van der Waals surface area contributed by atoms with Crippen molar-refractivity contribution in [1.82, 2.24) is 5.43 Å². The van der Waals surface area contributed by atoms with Gasteiger partial charge >= 0.3 is 0 Å². The van der Waals surface area contributed by atoms with Crippen LogP contribution in [0.4, 0.5) is 8.78 Å². The van der Waals surface area contributed by atoms with Gasteiger partial charge in [0, 0.05) is 12.7 Å². The van der Waals surface area contributed by atoms with Crippen LogP contribution in [0.25, 0.3) is 0 Å². The molecule has 0 amide bonds. The molecule has 1 saturated carbocycles. The number of halogens is 2. The molecule has 1 fully saturated rings. The van der Waals surface area contributed by atoms with Gasteiger partial charge in [0.15, 0.2) is 0 Å². The smallest absolute Gasteiger partial charge is 0.129 e. The summed E-state index contributed by atoms with van der Waals surface area (Å²) in [6.45, 7) is 0. The van der Waals surface area contributed by atoms with Crippen molar-refractivity contribution in [2.45, 2.75) is 37.3 Å². The Bertz CT molecular complexity index is 396. The molecule has 100 valence electrons. The first-order valence-electron chi connectivity index (χ1n) is 6.07. The van der Waals surface area contributed by atoms with E-state index in [1.807, 2.05) is 0 Å². The fourth-order valence-corrected chi connectivity index (χ4v) is 2.55. The highest BCUT2D eigenvalue weighted by molar-refractivity contribution is 5.22. The molecule has 1 unspecified atom stereocenters. The zero-order valence-corrected chi connectivity index (χ0v) is 10.4. The lowest BCUT2D eigenvalue weighted by Crippen LogP contribution is -2.59. The van der Waals surface area contributed by atoms with E-state index in [0.29, 0.717) is 0 Å². The summed E-state index contributed by atoms with van der Waals surface area (Å²) < 4.78 is 32.7. The second-order valence-electron chi connectivity index (χ2n) is 4.75. The van der Waals surface area contributed by atoms with Crippen LogP contribution >= 0.6 is 0 Å². The van der Waals surface area contributed by atoms with Gasteiger partial charge in [0.2, 0.25) is 0 Å². The summed E-state index contributed by atoms with van der Waals surface area (Å²) in [5.74, 6) is 4.44. The van der Waals surface area contributed by atoms with Crippen LogP contribution in [0.15, 0.2) is 18.2 Å². The minimum atomic E-state index is -0.541. The van der Waals surface area contributed by atoms with Crippen molar-refractivity contribution in [2.24, 2.45) is 5.84 Å². The second kappa shape index (κ2) is 5.30. The highest BCUT2D eigenvalue weighted by atomic mass is 19.1. The summed E-state index contributed by atoms with van der Waals surface area (Å²) in [4.78, 5) is 0. The average Bonchev–Trinajstić information content (AvgIpc) is 2.30. The number of hydrogen-bond donors (Lipinski definition) is 2. The number of nitrogens with two attached hydrogens (primary N) is 1. The van der Waals surface area contributed by atoms with Crippen LogP contribution in [0.5, 0.6) is 0 Å². The number of ether oxygens (including phenoxy) is 1. The van der Waals surface area contributed by atoms with Gasteiger partial charge < -0.3 is 4.74 Å². The highest BCUT2D eigenvalue weighted by Gasteiger charge is 2.44. The van der Waals surface area contributed by atoms with Gasteiger partial charge in [0.25, 0.3) is 0 Å². The summed E-state index contributed by atoms with van der Waals surface area (Å²) in [7, 11) is 1.61. The number of methoxy groups -OCH3 is 1. The molecular weight excluding hydrogens is 238 g/mol. The van der Waals surface area contributed by atoms with Gasteiger partial charge in [-0.25, -0.2) is 8.78 Å². The minimum absolute atomic E-state index is 0.0591. The number of benzene rings is 1. The monoisotopic (exact) mass is 256 g/mol. The van der Waals surface area contributed by atoms with Crippen molar-refractivity contribution in [3.05, 3.63) is 35.4 Å². The molecule has 1 aromatic carbocycles. The lowest BCUT2D eigenvalue weighted by Gasteiger charge is -2.46. The molecule has 0 heterocycles. The maximum atomic E-state index is 13.6. The zero-order valence-electron chi connectivity index (χ0n) is 10.4. The van der Waals surface area contributed by atoms with Gasteiger partial charge in [-0.15, -0.1) is 0 Å². The normalized spacial score (nSPS) is 19.3. The lowest BCUT2D eigenvalue weighted by atomic mass is 9.73. The Morgan fingerprint density at radius 1 is 1.39 bits per heavy atom. The fraction of sp³-hybridized carbons (Fsp3) is 0.538. The molecule has 0 spiro atoms. The van der Waals surface area contributed by atoms with Crippen molar-refractivity contribution in [3.8, 4) is 0 Å². The predicted molar refractivity (Wildman–Crippen MR) is 64.8 cm³/mol. The van der Waals surface area contributed by atoms with Crippen LogP contribution in [0.2, 0.25) is 0 Å². The number of hydrazine groups is 1. The molecule has 3 nitrogen and oxygen atoms in total. The van der Waals surface area contributed by atoms with Crippen LogP contribution < -0.4 is 11.3 Å². The summed E-state index contributed by atoms with van der Waals surface area (Å²) >= 11 is 0. The third-order valence-corrected chi connectivity index (χ3v) is 3.91. The van der Waals surface area contributed by atoms with E-state index in [-0.39, 0.29) is 18.0 Å². The van der Waals surface area contributed by atoms with Crippen molar-refractivity contribution in [2.75, 3.05) is 7.11 Å². The van der Waals surface area contributed by atoms with E-state index in [9.17, 15) is 8.78 Å². The highest BCUT2D eigenvalue weighted by Crippen LogP contribution is 2.39. The van der Waals surface area contributed by atoms with Crippen LogP contribution in [-0.4, -0.2) is 18.8 Å². The molecule has 5 heteroatoms. The number of hydrogen-bond acceptors (Lipinski definition) is 3. The van der Waals surface area contributed by atoms with Crippen molar-refractivity contribution < 1.29 is 13.5 Å². The summed E-state index contributed by atoms with van der Waals surface area (Å²) in [5, 5.41) is 0. The Hall–Kier alpha value is -1.04.